The first kappa shape index (κ1) is 19.4. The number of nitrogens with one attached hydrogen (secondary N) is 1. The van der Waals surface area contributed by atoms with Crippen LogP contribution in [0, 0.1) is 11.3 Å². The second kappa shape index (κ2) is 8.46. The number of nitriles is 1. The average Bonchev–Trinajstić information content (AvgIpc) is 2.59. The Labute approximate surface area is 151 Å². The molecule has 0 aromatic heterocycles. The van der Waals surface area contributed by atoms with Crippen molar-refractivity contribution in [1.82, 2.24) is 15.1 Å². The van der Waals surface area contributed by atoms with Crippen molar-refractivity contribution in [2.75, 3.05) is 39.3 Å². The lowest BCUT2D eigenvalue weighted by Gasteiger charge is -2.33. The van der Waals surface area contributed by atoms with E-state index >= 15 is 0 Å². The van der Waals surface area contributed by atoms with E-state index in [1.54, 1.807) is 0 Å². The molecule has 0 unspecified atom stereocenters. The van der Waals surface area contributed by atoms with Gasteiger partial charge < -0.3 is 10.2 Å². The number of nitrogens with zero attached hydrogens (tertiary/aromatic N) is 3. The molecule has 1 fully saturated rings. The molecule has 0 aliphatic carbocycles. The minimum Gasteiger partial charge on any atom is -0.336 e. The van der Waals surface area contributed by atoms with Crippen molar-refractivity contribution in [3.05, 3.63) is 35.4 Å². The summed E-state index contributed by atoms with van der Waals surface area (Å²) in [4.78, 5) is 16.8. The maximum Gasteiger partial charge on any atom is 0.235 e. The topological polar surface area (TPSA) is 59.4 Å². The van der Waals surface area contributed by atoms with Gasteiger partial charge in [0.1, 0.15) is 6.04 Å². The van der Waals surface area contributed by atoms with Crippen LogP contribution in [0.2, 0.25) is 0 Å². The number of rotatable bonds is 5. The lowest BCUT2D eigenvalue weighted by Crippen LogP contribution is -2.49. The Bertz CT molecular complexity index is 604. The molecule has 1 amide bonds. The smallest absolute Gasteiger partial charge is 0.235 e. The summed E-state index contributed by atoms with van der Waals surface area (Å²) < 4.78 is 0. The Morgan fingerprint density at radius 3 is 2.20 bits per heavy atom. The van der Waals surface area contributed by atoms with Crippen molar-refractivity contribution in [3.63, 3.8) is 0 Å². The van der Waals surface area contributed by atoms with Crippen molar-refractivity contribution in [2.45, 2.75) is 39.2 Å². The van der Waals surface area contributed by atoms with Crippen molar-refractivity contribution in [2.24, 2.45) is 0 Å². The molecule has 0 saturated carbocycles. The Morgan fingerprint density at radius 2 is 1.72 bits per heavy atom. The highest BCUT2D eigenvalue weighted by Gasteiger charge is 2.20. The molecule has 1 aromatic rings. The van der Waals surface area contributed by atoms with Crippen LogP contribution in [0.1, 0.15) is 44.9 Å². The van der Waals surface area contributed by atoms with Crippen LogP contribution < -0.4 is 5.32 Å². The molecule has 1 N–H and O–H groups in total. The molecule has 136 valence electrons. The molecule has 2 rings (SSSR count). The van der Waals surface area contributed by atoms with Gasteiger partial charge in [0.15, 0.2) is 0 Å². The highest BCUT2D eigenvalue weighted by molar-refractivity contribution is 5.79. The van der Waals surface area contributed by atoms with Gasteiger partial charge in [0, 0.05) is 26.2 Å². The number of hydrogen-bond acceptors (Lipinski definition) is 4. The lowest BCUT2D eigenvalue weighted by atomic mass is 9.86. The fraction of sp³-hybridized carbons (Fsp3) is 0.600. The van der Waals surface area contributed by atoms with Crippen LogP contribution in [-0.2, 0) is 10.2 Å². The zero-order valence-corrected chi connectivity index (χ0v) is 15.9. The maximum absolute atomic E-state index is 12.3. The van der Waals surface area contributed by atoms with Crippen LogP contribution in [0.5, 0.6) is 0 Å². The summed E-state index contributed by atoms with van der Waals surface area (Å²) in [6.07, 6.45) is 0. The molecule has 0 bridgehead atoms. The summed E-state index contributed by atoms with van der Waals surface area (Å²) in [7, 11) is 0. The third-order valence-corrected chi connectivity index (χ3v) is 4.82. The fourth-order valence-electron chi connectivity index (χ4n) is 3.04. The zero-order valence-electron chi connectivity index (χ0n) is 15.9. The van der Waals surface area contributed by atoms with Gasteiger partial charge in [-0.1, -0.05) is 52.0 Å². The molecule has 25 heavy (non-hydrogen) atoms. The van der Waals surface area contributed by atoms with E-state index in [0.29, 0.717) is 6.54 Å². The quantitative estimate of drug-likeness (QED) is 0.892. The van der Waals surface area contributed by atoms with Crippen LogP contribution >= 0.6 is 0 Å². The molecule has 1 saturated heterocycles. The highest BCUT2D eigenvalue weighted by atomic mass is 16.2. The number of carbonyl (C=O) groups excluding carboxylic acids is 1. The van der Waals surface area contributed by atoms with E-state index in [1.807, 2.05) is 24.3 Å². The molecule has 0 spiro atoms. The average molecular weight is 342 g/mol. The third kappa shape index (κ3) is 5.55. The first-order valence-electron chi connectivity index (χ1n) is 9.07. The van der Waals surface area contributed by atoms with Gasteiger partial charge in [-0.05, 0) is 23.1 Å². The SMILES string of the molecule is CCN1CCN(CC(=O)N[C@H](C#N)c2ccc(C(C)(C)C)cc2)CC1. The summed E-state index contributed by atoms with van der Waals surface area (Å²) in [5, 5.41) is 12.3. The minimum atomic E-state index is -0.599. The normalized spacial score (nSPS) is 17.7. The summed E-state index contributed by atoms with van der Waals surface area (Å²) in [6, 6.07) is 9.56. The maximum atomic E-state index is 12.3. The van der Waals surface area contributed by atoms with Gasteiger partial charge in [-0.25, -0.2) is 0 Å². The zero-order chi connectivity index (χ0) is 18.4. The van der Waals surface area contributed by atoms with Crippen molar-refractivity contribution >= 4 is 5.91 Å². The van der Waals surface area contributed by atoms with E-state index in [4.69, 9.17) is 0 Å². The van der Waals surface area contributed by atoms with E-state index in [1.165, 1.54) is 5.56 Å². The van der Waals surface area contributed by atoms with E-state index < -0.39 is 6.04 Å². The van der Waals surface area contributed by atoms with Crippen LogP contribution in [0.15, 0.2) is 24.3 Å². The first-order chi connectivity index (χ1) is 11.8. The Morgan fingerprint density at radius 1 is 1.16 bits per heavy atom. The predicted molar refractivity (Wildman–Crippen MR) is 100 cm³/mol. The number of amides is 1. The fourth-order valence-corrected chi connectivity index (χ4v) is 3.04. The number of piperazine rings is 1. The predicted octanol–water partition coefficient (Wildman–Crippen LogP) is 2.30. The molecular weight excluding hydrogens is 312 g/mol. The van der Waals surface area contributed by atoms with Gasteiger partial charge in [0.25, 0.3) is 0 Å². The number of likely N-dealkylation sites (N-methyl/N-ethyl adjacent to an activating group) is 1. The Balaban J connectivity index is 1.91. The van der Waals surface area contributed by atoms with Crippen molar-refractivity contribution < 1.29 is 4.79 Å². The molecule has 0 radical (unpaired) electrons. The van der Waals surface area contributed by atoms with E-state index in [9.17, 15) is 10.1 Å². The van der Waals surface area contributed by atoms with Gasteiger partial charge in [-0.2, -0.15) is 5.26 Å². The molecule has 5 heteroatoms. The molecule has 1 aliphatic rings. The number of carbonyl (C=O) groups is 1. The highest BCUT2D eigenvalue weighted by Crippen LogP contribution is 2.23. The molecule has 1 heterocycles. The van der Waals surface area contributed by atoms with Crippen LogP contribution in [0.25, 0.3) is 0 Å². The van der Waals surface area contributed by atoms with Crippen LogP contribution in [0.3, 0.4) is 0 Å². The van der Waals surface area contributed by atoms with E-state index in [-0.39, 0.29) is 11.3 Å². The summed E-state index contributed by atoms with van der Waals surface area (Å²) >= 11 is 0. The molecule has 1 aromatic carbocycles. The van der Waals surface area contributed by atoms with Gasteiger partial charge in [0.05, 0.1) is 12.6 Å². The van der Waals surface area contributed by atoms with Gasteiger partial charge in [-0.15, -0.1) is 0 Å². The number of benzene rings is 1. The second-order valence-corrected chi connectivity index (χ2v) is 7.71. The lowest BCUT2D eigenvalue weighted by molar-refractivity contribution is -0.123. The molecule has 1 atom stereocenters. The van der Waals surface area contributed by atoms with Crippen LogP contribution in [0.4, 0.5) is 0 Å². The second-order valence-electron chi connectivity index (χ2n) is 7.71. The standard InChI is InChI=1S/C20H30N4O/c1-5-23-10-12-24(13-11-23)15-19(25)22-18(14-21)16-6-8-17(9-7-16)20(2,3)4/h6-9,18H,5,10-13,15H2,1-4H3,(H,22,25)/t18-/m1/s1. The third-order valence-electron chi connectivity index (χ3n) is 4.82. The van der Waals surface area contributed by atoms with Gasteiger partial charge in [-0.3, -0.25) is 9.69 Å². The van der Waals surface area contributed by atoms with Gasteiger partial charge >= 0.3 is 0 Å². The monoisotopic (exact) mass is 342 g/mol. The Hall–Kier alpha value is -1.90. The van der Waals surface area contributed by atoms with Gasteiger partial charge in [0.2, 0.25) is 5.91 Å². The van der Waals surface area contributed by atoms with Crippen molar-refractivity contribution in [1.29, 1.82) is 5.26 Å². The molecule has 1 aliphatic heterocycles. The Kier molecular flexibility index (Phi) is 6.57. The summed E-state index contributed by atoms with van der Waals surface area (Å²) in [5.41, 5.74) is 2.12. The first-order valence-corrected chi connectivity index (χ1v) is 9.07. The number of hydrogen-bond donors (Lipinski definition) is 1. The van der Waals surface area contributed by atoms with E-state index in [2.05, 4.69) is 48.9 Å². The van der Waals surface area contributed by atoms with Crippen molar-refractivity contribution in [3.8, 4) is 6.07 Å². The molecular formula is C20H30N4O. The molecule has 5 nitrogen and oxygen atoms in total. The largest absolute Gasteiger partial charge is 0.336 e. The van der Waals surface area contributed by atoms with Crippen LogP contribution in [-0.4, -0.2) is 55.0 Å². The van der Waals surface area contributed by atoms with E-state index in [0.717, 1.165) is 38.3 Å². The summed E-state index contributed by atoms with van der Waals surface area (Å²) in [6.45, 7) is 13.8. The summed E-state index contributed by atoms with van der Waals surface area (Å²) in [5.74, 6) is -0.0867. The minimum absolute atomic E-state index is 0.0740.